The summed E-state index contributed by atoms with van der Waals surface area (Å²) in [5.41, 5.74) is 9.18. The first-order chi connectivity index (χ1) is 10.4. The zero-order valence-corrected chi connectivity index (χ0v) is 11.5. The van der Waals surface area contributed by atoms with E-state index in [1.54, 1.807) is 12.4 Å². The van der Waals surface area contributed by atoms with E-state index in [-0.39, 0.29) is 0 Å². The fraction of sp³-hybridized carbons (Fsp3) is 0.125. The van der Waals surface area contributed by atoms with Gasteiger partial charge in [0.1, 0.15) is 12.3 Å². The third kappa shape index (κ3) is 2.78. The molecule has 0 saturated carbocycles. The molecule has 2 heterocycles. The summed E-state index contributed by atoms with van der Waals surface area (Å²) in [6, 6.07) is 11.9. The van der Waals surface area contributed by atoms with Gasteiger partial charge in [0.25, 0.3) is 0 Å². The van der Waals surface area contributed by atoms with Gasteiger partial charge in [-0.25, -0.2) is 0 Å². The van der Waals surface area contributed by atoms with Crippen LogP contribution >= 0.6 is 0 Å². The molecule has 0 aliphatic carbocycles. The van der Waals surface area contributed by atoms with Crippen molar-refractivity contribution in [1.29, 1.82) is 0 Å². The van der Waals surface area contributed by atoms with Crippen LogP contribution in [0.5, 0.6) is 0 Å². The highest BCUT2D eigenvalue weighted by Gasteiger charge is 2.13. The number of hydrogen-bond acceptors (Lipinski definition) is 4. The molecule has 21 heavy (non-hydrogen) atoms. The quantitative estimate of drug-likeness (QED) is 0.427. The van der Waals surface area contributed by atoms with E-state index >= 15 is 0 Å². The third-order valence-corrected chi connectivity index (χ3v) is 3.15. The molecule has 3 aromatic rings. The third-order valence-electron chi connectivity index (χ3n) is 3.15. The van der Waals surface area contributed by atoms with Gasteiger partial charge in [0.2, 0.25) is 0 Å². The maximum atomic E-state index is 5.45. The minimum absolute atomic E-state index is 0.389. The monoisotopic (exact) mass is 280 g/mol. The lowest BCUT2D eigenvalue weighted by Gasteiger charge is -2.06. The molecule has 2 aromatic heterocycles. The minimum atomic E-state index is 0.389. The average molecular weight is 280 g/mol. The number of nitrogens with one attached hydrogen (secondary N) is 1. The van der Waals surface area contributed by atoms with Crippen molar-refractivity contribution in [2.24, 2.45) is 10.9 Å². The van der Waals surface area contributed by atoms with Crippen LogP contribution in [0.15, 0.2) is 60.1 Å². The summed E-state index contributed by atoms with van der Waals surface area (Å²) in [5, 5.41) is 5.33. The largest absolute Gasteiger partial charge is 0.394 e. The smallest absolute Gasteiger partial charge is 0.129 e. The summed E-state index contributed by atoms with van der Waals surface area (Å²) in [6.45, 7) is 0.823. The predicted octanol–water partition coefficient (Wildman–Crippen LogP) is 2.29. The number of fused-ring (bicyclic) bond motifs is 1. The van der Waals surface area contributed by atoms with Crippen LogP contribution in [0.2, 0.25) is 0 Å². The van der Waals surface area contributed by atoms with Crippen LogP contribution in [-0.4, -0.2) is 28.8 Å². The first-order valence-corrected chi connectivity index (χ1v) is 6.77. The molecule has 0 aliphatic rings. The Bertz CT molecular complexity index is 749. The molecule has 0 fully saturated rings. The van der Waals surface area contributed by atoms with Gasteiger partial charge >= 0.3 is 0 Å². The van der Waals surface area contributed by atoms with Crippen molar-refractivity contribution in [2.75, 3.05) is 13.2 Å². The van der Waals surface area contributed by atoms with Gasteiger partial charge in [-0.15, -0.1) is 0 Å². The van der Waals surface area contributed by atoms with E-state index in [9.17, 15) is 0 Å². The van der Waals surface area contributed by atoms with E-state index in [0.717, 1.165) is 27.7 Å². The Morgan fingerprint density at radius 3 is 2.90 bits per heavy atom. The van der Waals surface area contributed by atoms with Gasteiger partial charge < -0.3 is 15.6 Å². The minimum Gasteiger partial charge on any atom is -0.394 e. The molecular weight excluding hydrogens is 264 g/mol. The van der Waals surface area contributed by atoms with E-state index in [1.807, 2.05) is 42.6 Å². The second kappa shape index (κ2) is 6.19. The number of nitrogens with two attached hydrogens (primary N) is 1. The highest BCUT2D eigenvalue weighted by atomic mass is 16.6. The van der Waals surface area contributed by atoms with Crippen molar-refractivity contribution in [1.82, 2.24) is 9.97 Å². The van der Waals surface area contributed by atoms with E-state index in [0.29, 0.717) is 13.2 Å². The molecule has 0 saturated heterocycles. The van der Waals surface area contributed by atoms with Crippen LogP contribution in [0.25, 0.3) is 10.9 Å². The Morgan fingerprint density at radius 1 is 1.24 bits per heavy atom. The van der Waals surface area contributed by atoms with E-state index in [4.69, 9.17) is 10.6 Å². The maximum absolute atomic E-state index is 5.45. The van der Waals surface area contributed by atoms with Crippen molar-refractivity contribution >= 4 is 16.6 Å². The summed E-state index contributed by atoms with van der Waals surface area (Å²) in [4.78, 5) is 12.6. The second-order valence-corrected chi connectivity index (χ2v) is 4.55. The molecule has 0 radical (unpaired) electrons. The Labute approximate surface area is 122 Å². The molecular formula is C16H16N4O. The number of hydrogen-bond donors (Lipinski definition) is 2. The van der Waals surface area contributed by atoms with Crippen LogP contribution in [-0.2, 0) is 4.84 Å². The van der Waals surface area contributed by atoms with Crippen LogP contribution < -0.4 is 5.73 Å². The summed E-state index contributed by atoms with van der Waals surface area (Å²) in [7, 11) is 0. The summed E-state index contributed by atoms with van der Waals surface area (Å²) in [6.07, 6.45) is 5.48. The van der Waals surface area contributed by atoms with Crippen molar-refractivity contribution in [3.63, 3.8) is 0 Å². The number of nitrogens with zero attached hydrogens (tertiary/aromatic N) is 2. The van der Waals surface area contributed by atoms with Gasteiger partial charge in [-0.05, 0) is 6.07 Å². The van der Waals surface area contributed by atoms with Crippen molar-refractivity contribution in [3.05, 3.63) is 66.1 Å². The summed E-state index contributed by atoms with van der Waals surface area (Å²) < 4.78 is 0. The highest BCUT2D eigenvalue weighted by molar-refractivity contribution is 6.19. The lowest BCUT2D eigenvalue weighted by atomic mass is 10.0. The van der Waals surface area contributed by atoms with Gasteiger partial charge in [-0.3, -0.25) is 4.98 Å². The van der Waals surface area contributed by atoms with E-state index in [1.165, 1.54) is 0 Å². The normalized spacial score (nSPS) is 11.8. The van der Waals surface area contributed by atoms with Crippen molar-refractivity contribution in [2.45, 2.75) is 0 Å². The van der Waals surface area contributed by atoms with E-state index < -0.39 is 0 Å². The Kier molecular flexibility index (Phi) is 3.93. The molecule has 0 spiro atoms. The van der Waals surface area contributed by atoms with Crippen LogP contribution in [0.1, 0.15) is 11.1 Å². The number of H-pyrrole nitrogens is 1. The van der Waals surface area contributed by atoms with Gasteiger partial charge in [-0.1, -0.05) is 35.5 Å². The molecule has 0 atom stereocenters. The SMILES string of the molecule is NCCO/N=C(\c1ccccc1)c1c[nH]c2cnccc12. The zero-order chi connectivity index (χ0) is 14.5. The van der Waals surface area contributed by atoms with Crippen LogP contribution in [0.3, 0.4) is 0 Å². The standard InChI is InChI=1S/C16H16N4O/c17-7-9-21-20-16(12-4-2-1-3-5-12)14-10-19-15-11-18-8-6-13(14)15/h1-6,8,10-11,19H,7,9,17H2/b20-16+. The van der Waals surface area contributed by atoms with Gasteiger partial charge in [0.15, 0.2) is 0 Å². The lowest BCUT2D eigenvalue weighted by Crippen LogP contribution is -2.09. The Hall–Kier alpha value is -2.66. The number of benzene rings is 1. The number of aromatic nitrogens is 2. The topological polar surface area (TPSA) is 76.3 Å². The van der Waals surface area contributed by atoms with Crippen molar-refractivity contribution < 1.29 is 4.84 Å². The molecule has 3 rings (SSSR count). The maximum Gasteiger partial charge on any atom is 0.129 e. The predicted molar refractivity (Wildman–Crippen MR) is 83.2 cm³/mol. The first kappa shape index (κ1) is 13.3. The Balaban J connectivity index is 2.09. The molecule has 0 bridgehead atoms. The molecule has 0 aliphatic heterocycles. The fourth-order valence-corrected chi connectivity index (χ4v) is 2.18. The van der Waals surface area contributed by atoms with Gasteiger partial charge in [-0.2, -0.15) is 0 Å². The van der Waals surface area contributed by atoms with E-state index in [2.05, 4.69) is 15.1 Å². The fourth-order valence-electron chi connectivity index (χ4n) is 2.18. The lowest BCUT2D eigenvalue weighted by molar-refractivity contribution is 0.152. The number of pyridine rings is 1. The second-order valence-electron chi connectivity index (χ2n) is 4.55. The van der Waals surface area contributed by atoms with Gasteiger partial charge in [0.05, 0.1) is 11.7 Å². The zero-order valence-electron chi connectivity index (χ0n) is 11.5. The van der Waals surface area contributed by atoms with Crippen molar-refractivity contribution in [3.8, 4) is 0 Å². The van der Waals surface area contributed by atoms with Crippen LogP contribution in [0, 0.1) is 0 Å². The molecule has 3 N–H and O–H groups in total. The summed E-state index contributed by atoms with van der Waals surface area (Å²) in [5.74, 6) is 0. The number of rotatable bonds is 5. The molecule has 0 amide bonds. The molecule has 5 nitrogen and oxygen atoms in total. The van der Waals surface area contributed by atoms with Crippen LogP contribution in [0.4, 0.5) is 0 Å². The molecule has 5 heteroatoms. The number of oxime groups is 1. The summed E-state index contributed by atoms with van der Waals surface area (Å²) >= 11 is 0. The first-order valence-electron chi connectivity index (χ1n) is 6.77. The van der Waals surface area contributed by atoms with Gasteiger partial charge in [0, 0.05) is 35.5 Å². The average Bonchev–Trinajstić information content (AvgIpc) is 2.96. The molecule has 106 valence electrons. The highest BCUT2D eigenvalue weighted by Crippen LogP contribution is 2.21. The Morgan fingerprint density at radius 2 is 2.10 bits per heavy atom. The molecule has 1 aromatic carbocycles. The molecule has 0 unspecified atom stereocenters. The number of aromatic amines is 1.